The quantitative estimate of drug-likeness (QED) is 0.506. The Balaban J connectivity index is 2.58. The highest BCUT2D eigenvalue weighted by molar-refractivity contribution is 14.1. The number of H-pyrrole nitrogens is 1. The van der Waals surface area contributed by atoms with Gasteiger partial charge in [-0.2, -0.15) is 10.3 Å². The number of carbonyl (C=O) groups is 1. The molecule has 8 heteroatoms. The van der Waals surface area contributed by atoms with E-state index in [2.05, 4.69) is 15.4 Å². The number of carbonyl (C=O) groups excluding carboxylic acids is 1. The fourth-order valence-electron chi connectivity index (χ4n) is 1.49. The Morgan fingerprint density at radius 2 is 2.16 bits per heavy atom. The Labute approximate surface area is 120 Å². The first kappa shape index (κ1) is 13.8. The Hall–Kier alpha value is -1.58. The molecule has 1 heterocycles. The monoisotopic (exact) mass is 379 g/mol. The third kappa shape index (κ3) is 2.57. The average molecular weight is 379 g/mol. The lowest BCUT2D eigenvalue weighted by Crippen LogP contribution is -2.08. The molecule has 0 spiro atoms. The van der Waals surface area contributed by atoms with Crippen LogP contribution >= 0.6 is 22.6 Å². The number of rotatable bonds is 3. The van der Waals surface area contributed by atoms with Crippen molar-refractivity contribution in [3.05, 3.63) is 33.0 Å². The second kappa shape index (κ2) is 5.59. The van der Waals surface area contributed by atoms with Crippen LogP contribution in [0, 0.1) is 15.2 Å². The van der Waals surface area contributed by atoms with Crippen LogP contribution in [0.2, 0.25) is 0 Å². The largest absolute Gasteiger partial charge is 0.461 e. The van der Waals surface area contributed by atoms with Crippen LogP contribution in [0.3, 0.4) is 0 Å². The molecule has 2 rings (SSSR count). The van der Waals surface area contributed by atoms with Gasteiger partial charge in [-0.15, -0.1) is 5.10 Å². The summed E-state index contributed by atoms with van der Waals surface area (Å²) < 4.78 is 32.3. The minimum absolute atomic E-state index is 0.0696. The van der Waals surface area contributed by atoms with E-state index in [4.69, 9.17) is 4.74 Å². The molecule has 1 aromatic heterocycles. The zero-order valence-electron chi connectivity index (χ0n) is 9.71. The fourth-order valence-corrected chi connectivity index (χ4v) is 2.16. The highest BCUT2D eigenvalue weighted by atomic mass is 127. The summed E-state index contributed by atoms with van der Waals surface area (Å²) in [6, 6.07) is 2.39. The number of aromatic amines is 1. The summed E-state index contributed by atoms with van der Waals surface area (Å²) in [6.45, 7) is 1.78. The Kier molecular flexibility index (Phi) is 4.08. The van der Waals surface area contributed by atoms with E-state index < -0.39 is 17.6 Å². The molecule has 0 aliphatic rings. The highest BCUT2D eigenvalue weighted by Crippen LogP contribution is 2.30. The molecule has 0 radical (unpaired) electrons. The molecule has 0 aliphatic heterocycles. The topological polar surface area (TPSA) is 67.9 Å². The van der Waals surface area contributed by atoms with Gasteiger partial charge in [0.05, 0.1) is 12.2 Å². The molecule has 0 fully saturated rings. The summed E-state index contributed by atoms with van der Waals surface area (Å²) in [5.74, 6) is -2.84. The van der Waals surface area contributed by atoms with E-state index >= 15 is 0 Å². The van der Waals surface area contributed by atoms with Crippen molar-refractivity contribution in [1.82, 2.24) is 15.4 Å². The van der Waals surface area contributed by atoms with E-state index in [1.807, 2.05) is 22.6 Å². The smallest absolute Gasteiger partial charge is 0.361 e. The third-order valence-corrected chi connectivity index (χ3v) is 3.20. The second-order valence-electron chi connectivity index (χ2n) is 3.46. The van der Waals surface area contributed by atoms with Crippen LogP contribution in [0.4, 0.5) is 8.78 Å². The summed E-state index contributed by atoms with van der Waals surface area (Å²) >= 11 is 1.82. The van der Waals surface area contributed by atoms with Crippen molar-refractivity contribution >= 4 is 28.6 Å². The van der Waals surface area contributed by atoms with Gasteiger partial charge in [-0.25, -0.2) is 13.6 Å². The summed E-state index contributed by atoms with van der Waals surface area (Å²) in [5, 5.41) is 9.54. The molecular formula is C11H8F2IN3O2. The van der Waals surface area contributed by atoms with E-state index in [0.29, 0.717) is 3.57 Å². The molecule has 5 nitrogen and oxygen atoms in total. The van der Waals surface area contributed by atoms with Crippen molar-refractivity contribution < 1.29 is 18.3 Å². The summed E-state index contributed by atoms with van der Waals surface area (Å²) in [7, 11) is 0. The first-order valence-electron chi connectivity index (χ1n) is 5.28. The zero-order valence-corrected chi connectivity index (χ0v) is 11.9. The Bertz CT molecular complexity index is 630. The molecule has 0 amide bonds. The molecule has 100 valence electrons. The van der Waals surface area contributed by atoms with E-state index in [1.54, 1.807) is 6.92 Å². The van der Waals surface area contributed by atoms with E-state index in [9.17, 15) is 13.6 Å². The first-order valence-corrected chi connectivity index (χ1v) is 6.35. The number of ether oxygens (including phenoxy) is 1. The number of aromatic nitrogens is 3. The number of hydrogen-bond acceptors (Lipinski definition) is 4. The lowest BCUT2D eigenvalue weighted by atomic mass is 10.1. The van der Waals surface area contributed by atoms with Crippen molar-refractivity contribution in [3.63, 3.8) is 0 Å². The van der Waals surface area contributed by atoms with Gasteiger partial charge in [-0.1, -0.05) is 0 Å². The Morgan fingerprint density at radius 1 is 1.42 bits per heavy atom. The van der Waals surface area contributed by atoms with Gasteiger partial charge >= 0.3 is 5.97 Å². The molecule has 19 heavy (non-hydrogen) atoms. The summed E-state index contributed by atoms with van der Waals surface area (Å²) in [6.07, 6.45) is 0. The normalized spacial score (nSPS) is 10.5. The maximum absolute atomic E-state index is 13.8. The third-order valence-electron chi connectivity index (χ3n) is 2.30. The molecule has 0 atom stereocenters. The number of esters is 1. The molecule has 0 bridgehead atoms. The van der Waals surface area contributed by atoms with Gasteiger partial charge in [0.15, 0.2) is 17.3 Å². The van der Waals surface area contributed by atoms with Gasteiger partial charge in [-0.3, -0.25) is 0 Å². The maximum Gasteiger partial charge on any atom is 0.361 e. The van der Waals surface area contributed by atoms with Crippen molar-refractivity contribution in [2.45, 2.75) is 6.92 Å². The molecule has 1 N–H and O–H groups in total. The van der Waals surface area contributed by atoms with Crippen LogP contribution in [0.1, 0.15) is 17.4 Å². The number of halogens is 3. The lowest BCUT2D eigenvalue weighted by Gasteiger charge is -2.05. The van der Waals surface area contributed by atoms with Crippen LogP contribution < -0.4 is 0 Å². The molecule has 2 aromatic rings. The van der Waals surface area contributed by atoms with Crippen LogP contribution in [0.5, 0.6) is 0 Å². The van der Waals surface area contributed by atoms with Gasteiger partial charge in [0, 0.05) is 3.57 Å². The summed E-state index contributed by atoms with van der Waals surface area (Å²) in [5.41, 5.74) is -0.360. The van der Waals surface area contributed by atoms with Gasteiger partial charge in [0.2, 0.25) is 0 Å². The molecule has 0 unspecified atom stereocenters. The Morgan fingerprint density at radius 3 is 2.84 bits per heavy atom. The van der Waals surface area contributed by atoms with Gasteiger partial charge in [0.25, 0.3) is 0 Å². The molecule has 0 saturated carbocycles. The van der Waals surface area contributed by atoms with Crippen molar-refractivity contribution in [1.29, 1.82) is 0 Å². The number of hydrogen-bond donors (Lipinski definition) is 1. The van der Waals surface area contributed by atoms with Gasteiger partial charge < -0.3 is 4.74 Å². The van der Waals surface area contributed by atoms with Crippen LogP contribution in [0.15, 0.2) is 12.1 Å². The van der Waals surface area contributed by atoms with E-state index in [0.717, 1.165) is 6.07 Å². The van der Waals surface area contributed by atoms with E-state index in [-0.39, 0.29) is 23.6 Å². The van der Waals surface area contributed by atoms with Crippen molar-refractivity contribution in [3.8, 4) is 11.3 Å². The molecule has 1 aromatic carbocycles. The first-order chi connectivity index (χ1) is 9.06. The van der Waals surface area contributed by atoms with E-state index in [1.165, 1.54) is 6.07 Å². The predicted molar refractivity (Wildman–Crippen MR) is 70.4 cm³/mol. The van der Waals surface area contributed by atoms with Crippen molar-refractivity contribution in [2.24, 2.45) is 0 Å². The maximum atomic E-state index is 13.8. The van der Waals surface area contributed by atoms with Crippen LogP contribution in [-0.2, 0) is 4.74 Å². The molecule has 0 saturated heterocycles. The minimum atomic E-state index is -1.08. The number of nitrogens with zero attached hydrogens (tertiary/aromatic N) is 2. The standard InChI is InChI=1S/C11H8F2IN3O2/c1-2-19-11(18)10-9(15-17-16-10)7-6(14)4-3-5(12)8(7)13/h3-4H,2H2,1H3,(H,15,16,17). The number of nitrogens with one attached hydrogen (secondary N) is 1. The van der Waals surface area contributed by atoms with Gasteiger partial charge in [-0.05, 0) is 41.6 Å². The van der Waals surface area contributed by atoms with Gasteiger partial charge in [0.1, 0.15) is 5.69 Å². The highest BCUT2D eigenvalue weighted by Gasteiger charge is 2.24. The second-order valence-corrected chi connectivity index (χ2v) is 4.62. The average Bonchev–Trinajstić information content (AvgIpc) is 2.84. The van der Waals surface area contributed by atoms with Crippen LogP contribution in [-0.4, -0.2) is 28.0 Å². The number of benzene rings is 1. The zero-order chi connectivity index (χ0) is 14.0. The fraction of sp³-hybridized carbons (Fsp3) is 0.182. The SMILES string of the molecule is CCOC(=O)c1n[nH]nc1-c1c(I)ccc(F)c1F. The molecular weight excluding hydrogens is 371 g/mol. The van der Waals surface area contributed by atoms with Crippen LogP contribution in [0.25, 0.3) is 11.3 Å². The summed E-state index contributed by atoms with van der Waals surface area (Å²) in [4.78, 5) is 11.6. The lowest BCUT2D eigenvalue weighted by molar-refractivity contribution is 0.0520. The molecule has 0 aliphatic carbocycles. The van der Waals surface area contributed by atoms with Crippen molar-refractivity contribution in [2.75, 3.05) is 6.61 Å². The minimum Gasteiger partial charge on any atom is -0.461 e. The predicted octanol–water partition coefficient (Wildman–Crippen LogP) is 2.53.